The molecule has 0 bridgehead atoms. The summed E-state index contributed by atoms with van der Waals surface area (Å²) in [7, 11) is 2.43. The minimum atomic E-state index is -1.02. The number of unbranched alkanes of at least 4 members (excludes halogenated alkanes) is 1. The number of nitrogens with one attached hydrogen (secondary N) is 1. The van der Waals surface area contributed by atoms with E-state index in [1.54, 1.807) is 38.1 Å². The fourth-order valence-corrected chi connectivity index (χ4v) is 5.00. The summed E-state index contributed by atoms with van der Waals surface area (Å²) in [4.78, 5) is 41.3. The Hall–Kier alpha value is -4.00. The number of esters is 2. The first-order chi connectivity index (χ1) is 20.6. The molecule has 0 saturated carbocycles. The van der Waals surface area contributed by atoms with Gasteiger partial charge < -0.3 is 29.4 Å². The van der Waals surface area contributed by atoms with Gasteiger partial charge in [0.2, 0.25) is 0 Å². The third kappa shape index (κ3) is 8.76. The molecular weight excluding hydrogens is 582 g/mol. The van der Waals surface area contributed by atoms with Gasteiger partial charge in [0, 0.05) is 41.6 Å². The number of carbonyl (C=O) groups is 2. The summed E-state index contributed by atoms with van der Waals surface area (Å²) in [5.74, 6) is -2.58. The summed E-state index contributed by atoms with van der Waals surface area (Å²) < 4.78 is 21.6. The number of aliphatic hydroxyl groups is 1. The van der Waals surface area contributed by atoms with Crippen LogP contribution in [0.2, 0.25) is 5.02 Å². The Morgan fingerprint density at radius 1 is 1.09 bits per heavy atom. The average molecular weight is 618 g/mol. The highest BCUT2D eigenvalue weighted by Crippen LogP contribution is 2.44. The molecular formula is C30H36ClN3O9. The number of ether oxygens (including phenoxy) is 4. The first-order valence-electron chi connectivity index (χ1n) is 13.7. The first-order valence-corrected chi connectivity index (χ1v) is 14.1. The van der Waals surface area contributed by atoms with Crippen molar-refractivity contribution in [2.24, 2.45) is 10.9 Å². The van der Waals surface area contributed by atoms with E-state index in [4.69, 9.17) is 30.5 Å². The van der Waals surface area contributed by atoms with Crippen LogP contribution in [0.4, 0.5) is 5.69 Å². The van der Waals surface area contributed by atoms with Crippen LogP contribution in [0.3, 0.4) is 0 Å². The topological polar surface area (TPSA) is 159 Å². The average Bonchev–Trinajstić information content (AvgIpc) is 2.99. The number of nitro benzene ring substituents is 1. The molecule has 3 unspecified atom stereocenters. The number of aliphatic hydroxyl groups excluding tert-OH is 1. The van der Waals surface area contributed by atoms with E-state index in [9.17, 15) is 24.8 Å². The van der Waals surface area contributed by atoms with Gasteiger partial charge in [-0.1, -0.05) is 23.7 Å². The number of hydrogen-bond acceptors (Lipinski definition) is 11. The summed E-state index contributed by atoms with van der Waals surface area (Å²) in [6.45, 7) is 4.50. The predicted molar refractivity (Wildman–Crippen MR) is 160 cm³/mol. The maximum absolute atomic E-state index is 12.9. The molecule has 1 heterocycles. The molecule has 0 aromatic heterocycles. The molecule has 1 aliphatic rings. The van der Waals surface area contributed by atoms with Gasteiger partial charge in [0.25, 0.3) is 5.69 Å². The van der Waals surface area contributed by atoms with E-state index in [1.165, 1.54) is 32.4 Å². The third-order valence-corrected chi connectivity index (χ3v) is 7.19. The zero-order chi connectivity index (χ0) is 31.5. The van der Waals surface area contributed by atoms with Crippen LogP contribution in [0.1, 0.15) is 38.2 Å². The van der Waals surface area contributed by atoms with Gasteiger partial charge in [-0.3, -0.25) is 19.9 Å². The van der Waals surface area contributed by atoms with E-state index >= 15 is 0 Å². The molecule has 1 aliphatic heterocycles. The van der Waals surface area contributed by atoms with Gasteiger partial charge in [0.1, 0.15) is 30.1 Å². The van der Waals surface area contributed by atoms with Gasteiger partial charge in [-0.2, -0.15) is 0 Å². The number of aliphatic imine (C=N–C) groups is 1. The van der Waals surface area contributed by atoms with Crippen molar-refractivity contribution in [3.63, 3.8) is 0 Å². The second kappa shape index (κ2) is 16.0. The van der Waals surface area contributed by atoms with E-state index in [1.807, 2.05) is 0 Å². The summed E-state index contributed by atoms with van der Waals surface area (Å²) in [6, 6.07) is 11.1. The van der Waals surface area contributed by atoms with Crippen molar-refractivity contribution < 1.29 is 38.6 Å². The molecule has 2 aromatic rings. The zero-order valence-electron chi connectivity index (χ0n) is 24.5. The van der Waals surface area contributed by atoms with Crippen LogP contribution >= 0.6 is 11.6 Å². The number of rotatable bonds is 15. The molecule has 0 saturated heterocycles. The molecule has 0 spiro atoms. The van der Waals surface area contributed by atoms with Crippen molar-refractivity contribution in [2.45, 2.75) is 38.7 Å². The third-order valence-electron chi connectivity index (χ3n) is 6.88. The quantitative estimate of drug-likeness (QED) is 0.128. The van der Waals surface area contributed by atoms with Crippen LogP contribution in [-0.4, -0.2) is 74.3 Å². The van der Waals surface area contributed by atoms with Crippen molar-refractivity contribution in [3.8, 4) is 11.5 Å². The normalized spacial score (nSPS) is 17.1. The van der Waals surface area contributed by atoms with Crippen molar-refractivity contribution in [3.05, 3.63) is 74.4 Å². The van der Waals surface area contributed by atoms with Gasteiger partial charge in [-0.15, -0.1) is 0 Å². The number of nitrogens with zero attached hydrogens (tertiary/aromatic N) is 2. The lowest BCUT2D eigenvalue weighted by molar-refractivity contribution is -0.385. The first kappa shape index (κ1) is 33.5. The molecule has 3 atom stereocenters. The molecule has 13 heteroatoms. The second-order valence-corrected chi connectivity index (χ2v) is 10.3. The molecule has 2 N–H and O–H groups in total. The molecule has 232 valence electrons. The van der Waals surface area contributed by atoms with Crippen molar-refractivity contribution >= 4 is 34.9 Å². The van der Waals surface area contributed by atoms with E-state index in [0.717, 1.165) is 0 Å². The van der Waals surface area contributed by atoms with Crippen LogP contribution in [0.15, 0.2) is 58.7 Å². The van der Waals surface area contributed by atoms with Crippen LogP contribution in [0, 0.1) is 16.0 Å². The van der Waals surface area contributed by atoms with E-state index in [2.05, 4.69) is 10.3 Å². The monoisotopic (exact) mass is 617 g/mol. The van der Waals surface area contributed by atoms with Crippen molar-refractivity contribution in [1.82, 2.24) is 5.32 Å². The highest BCUT2D eigenvalue weighted by atomic mass is 35.5. The molecule has 0 aliphatic carbocycles. The lowest BCUT2D eigenvalue weighted by Gasteiger charge is -2.31. The predicted octanol–water partition coefficient (Wildman–Crippen LogP) is 4.23. The van der Waals surface area contributed by atoms with Crippen LogP contribution in [0.25, 0.3) is 0 Å². The Morgan fingerprint density at radius 2 is 1.84 bits per heavy atom. The SMILES string of the molecule is COC(=O)C1=C(C)N=C(C)C(C(=O)OC)C1c1cc([N+](=O)[O-])ccc1OCCCCNCC(O)COc1ccccc1Cl. The lowest BCUT2D eigenvalue weighted by Crippen LogP contribution is -2.36. The molecule has 0 fully saturated rings. The zero-order valence-corrected chi connectivity index (χ0v) is 25.3. The fourth-order valence-electron chi connectivity index (χ4n) is 4.81. The van der Waals surface area contributed by atoms with Crippen LogP contribution < -0.4 is 14.8 Å². The van der Waals surface area contributed by atoms with E-state index in [0.29, 0.717) is 48.1 Å². The van der Waals surface area contributed by atoms with Crippen molar-refractivity contribution in [1.29, 1.82) is 0 Å². The van der Waals surface area contributed by atoms with E-state index in [-0.39, 0.29) is 35.8 Å². The summed E-state index contributed by atoms with van der Waals surface area (Å²) >= 11 is 6.06. The Kier molecular flexibility index (Phi) is 12.5. The summed E-state index contributed by atoms with van der Waals surface area (Å²) in [5, 5.41) is 25.5. The number of nitro groups is 1. The molecule has 12 nitrogen and oxygen atoms in total. The number of non-ortho nitro benzene ring substituents is 1. The molecule has 43 heavy (non-hydrogen) atoms. The number of benzene rings is 2. The minimum absolute atomic E-state index is 0.0855. The maximum Gasteiger partial charge on any atom is 0.336 e. The Balaban J connectivity index is 1.66. The minimum Gasteiger partial charge on any atom is -0.493 e. The number of halogens is 1. The number of carbonyl (C=O) groups excluding carboxylic acids is 2. The Morgan fingerprint density at radius 3 is 2.51 bits per heavy atom. The number of methoxy groups -OCH3 is 2. The number of para-hydroxylation sites is 1. The number of allylic oxidation sites excluding steroid dienone is 1. The lowest BCUT2D eigenvalue weighted by atomic mass is 9.75. The number of hydrogen-bond donors (Lipinski definition) is 2. The van der Waals surface area contributed by atoms with Crippen LogP contribution in [-0.2, 0) is 19.1 Å². The second-order valence-electron chi connectivity index (χ2n) is 9.86. The van der Waals surface area contributed by atoms with Gasteiger partial charge in [0.15, 0.2) is 0 Å². The maximum atomic E-state index is 12.9. The summed E-state index contributed by atoms with van der Waals surface area (Å²) in [5.41, 5.74) is 0.866. The Bertz CT molecular complexity index is 1380. The highest BCUT2D eigenvalue weighted by molar-refractivity contribution is 6.32. The largest absolute Gasteiger partial charge is 0.493 e. The smallest absolute Gasteiger partial charge is 0.336 e. The van der Waals surface area contributed by atoms with Gasteiger partial charge in [-0.05, 0) is 51.4 Å². The van der Waals surface area contributed by atoms with Gasteiger partial charge in [-0.25, -0.2) is 4.79 Å². The Labute approximate surface area is 254 Å². The molecule has 0 radical (unpaired) electrons. The van der Waals surface area contributed by atoms with Gasteiger partial charge in [0.05, 0.1) is 36.3 Å². The summed E-state index contributed by atoms with van der Waals surface area (Å²) in [6.07, 6.45) is 0.577. The highest BCUT2D eigenvalue weighted by Gasteiger charge is 2.43. The molecule has 0 amide bonds. The molecule has 2 aromatic carbocycles. The fraction of sp³-hybridized carbons (Fsp3) is 0.433. The van der Waals surface area contributed by atoms with Crippen molar-refractivity contribution in [2.75, 3.05) is 40.5 Å². The van der Waals surface area contributed by atoms with Gasteiger partial charge >= 0.3 is 11.9 Å². The van der Waals surface area contributed by atoms with E-state index < -0.39 is 34.8 Å². The van der Waals surface area contributed by atoms with Crippen LogP contribution in [0.5, 0.6) is 11.5 Å². The molecule has 3 rings (SSSR count). The standard InChI is InChI=1S/C30H36ClN3O9/c1-18-26(29(36)40-3)28(27(19(2)33-18)30(37)41-4)22-15-20(34(38)39)11-12-24(22)42-14-8-7-13-32-16-21(35)17-43-25-10-6-5-9-23(25)31/h5-6,9-12,15,21,26,28,32,35H,7-8,13-14,16-17H2,1-4H3.